The molecule has 25 heavy (non-hydrogen) atoms. The fraction of sp³-hybridized carbons (Fsp3) is 0.389. The fourth-order valence-corrected chi connectivity index (χ4v) is 5.23. The van der Waals surface area contributed by atoms with Gasteiger partial charge >= 0.3 is 0 Å². The number of nitrogens with zero attached hydrogens (tertiary/aromatic N) is 1. The molecule has 7 heteroatoms. The number of sulfonamides is 1. The molecule has 2 heterocycles. The summed E-state index contributed by atoms with van der Waals surface area (Å²) in [6.07, 6.45) is 1.95. The average Bonchev–Trinajstić information content (AvgIpc) is 3.24. The third-order valence-corrected chi connectivity index (χ3v) is 6.84. The van der Waals surface area contributed by atoms with Gasteiger partial charge in [0.25, 0.3) is 5.91 Å². The molecule has 134 valence electrons. The lowest BCUT2D eigenvalue weighted by Crippen LogP contribution is -2.31. The maximum atomic E-state index is 12.9. The summed E-state index contributed by atoms with van der Waals surface area (Å²) in [5.41, 5.74) is 0.520. The van der Waals surface area contributed by atoms with Gasteiger partial charge in [-0.05, 0) is 62.4 Å². The minimum Gasteiger partial charge on any atom is -0.331 e. The number of hydrogen-bond acceptors (Lipinski definition) is 4. The van der Waals surface area contributed by atoms with Crippen molar-refractivity contribution >= 4 is 27.3 Å². The van der Waals surface area contributed by atoms with E-state index in [1.807, 2.05) is 16.3 Å². The van der Waals surface area contributed by atoms with Crippen LogP contribution < -0.4 is 4.72 Å². The van der Waals surface area contributed by atoms with Crippen LogP contribution in [0.4, 0.5) is 0 Å². The Morgan fingerprint density at radius 1 is 1.24 bits per heavy atom. The van der Waals surface area contributed by atoms with Gasteiger partial charge in [0, 0.05) is 23.0 Å². The Labute approximate surface area is 152 Å². The Morgan fingerprint density at radius 3 is 2.56 bits per heavy atom. The van der Waals surface area contributed by atoms with Gasteiger partial charge in [-0.2, -0.15) is 0 Å². The third-order valence-electron chi connectivity index (χ3n) is 4.19. The number of nitrogens with one attached hydrogen (secondary N) is 1. The van der Waals surface area contributed by atoms with Crippen molar-refractivity contribution in [2.45, 2.75) is 43.7 Å². The number of carbonyl (C=O) groups is 1. The van der Waals surface area contributed by atoms with E-state index in [2.05, 4.69) is 10.8 Å². The highest BCUT2D eigenvalue weighted by Gasteiger charge is 2.31. The Bertz CT molecular complexity index is 828. The molecular weight excluding hydrogens is 356 g/mol. The summed E-state index contributed by atoms with van der Waals surface area (Å²) >= 11 is 1.67. The Morgan fingerprint density at radius 2 is 1.96 bits per heavy atom. The zero-order chi connectivity index (χ0) is 18.0. The summed E-state index contributed by atoms with van der Waals surface area (Å²) in [4.78, 5) is 16.1. The van der Waals surface area contributed by atoms with Crippen molar-refractivity contribution in [2.75, 3.05) is 6.54 Å². The van der Waals surface area contributed by atoms with Crippen LogP contribution in [-0.2, 0) is 10.0 Å². The van der Waals surface area contributed by atoms with Crippen LogP contribution in [0.1, 0.15) is 48.0 Å². The second-order valence-electron chi connectivity index (χ2n) is 6.47. The van der Waals surface area contributed by atoms with E-state index in [0.29, 0.717) is 5.56 Å². The van der Waals surface area contributed by atoms with Crippen LogP contribution in [-0.4, -0.2) is 31.8 Å². The van der Waals surface area contributed by atoms with Gasteiger partial charge in [-0.25, -0.2) is 13.1 Å². The van der Waals surface area contributed by atoms with Crippen LogP contribution in [0.15, 0.2) is 46.7 Å². The highest BCUT2D eigenvalue weighted by molar-refractivity contribution is 7.89. The van der Waals surface area contributed by atoms with Crippen LogP contribution in [0.25, 0.3) is 0 Å². The summed E-state index contributed by atoms with van der Waals surface area (Å²) < 4.78 is 26.9. The van der Waals surface area contributed by atoms with Crippen LogP contribution in [0.3, 0.4) is 0 Å². The molecule has 1 aliphatic heterocycles. The van der Waals surface area contributed by atoms with Crippen molar-refractivity contribution in [1.29, 1.82) is 0 Å². The lowest BCUT2D eigenvalue weighted by molar-refractivity contribution is 0.0738. The molecule has 3 rings (SSSR count). The van der Waals surface area contributed by atoms with E-state index in [1.54, 1.807) is 37.3 Å². The Balaban J connectivity index is 1.79. The zero-order valence-electron chi connectivity index (χ0n) is 14.3. The third kappa shape index (κ3) is 3.94. The van der Waals surface area contributed by atoms with Crippen molar-refractivity contribution in [3.05, 3.63) is 52.2 Å². The second-order valence-corrected chi connectivity index (χ2v) is 9.17. The standard InChI is InChI=1S/C18H22N2O3S2/c1-13(2)19-25(22,23)15-9-7-14(8-10-15)18(21)20-11-3-5-16(20)17-6-4-12-24-17/h4,6-10,12-13,16,19H,3,5,11H2,1-2H3. The first-order chi connectivity index (χ1) is 11.9. The highest BCUT2D eigenvalue weighted by atomic mass is 32.2. The maximum absolute atomic E-state index is 12.9. The van der Waals surface area contributed by atoms with Crippen LogP contribution in [0.5, 0.6) is 0 Å². The number of thiophene rings is 1. The normalized spacial score (nSPS) is 18.0. The number of hydrogen-bond donors (Lipinski definition) is 1. The molecular formula is C18H22N2O3S2. The summed E-state index contributed by atoms with van der Waals surface area (Å²) in [6.45, 7) is 4.28. The molecule has 0 saturated carbocycles. The quantitative estimate of drug-likeness (QED) is 0.867. The lowest BCUT2D eigenvalue weighted by Gasteiger charge is -2.24. The molecule has 5 nitrogen and oxygen atoms in total. The molecule has 1 unspecified atom stereocenters. The van der Waals surface area contributed by atoms with Gasteiger partial charge in [-0.3, -0.25) is 4.79 Å². The molecule has 0 spiro atoms. The van der Waals surface area contributed by atoms with Crippen molar-refractivity contribution in [2.24, 2.45) is 0 Å². The summed E-state index contributed by atoms with van der Waals surface area (Å²) in [5.74, 6) is -0.0448. The lowest BCUT2D eigenvalue weighted by atomic mass is 10.1. The number of benzene rings is 1. The van der Waals surface area contributed by atoms with Gasteiger partial charge in [0.05, 0.1) is 10.9 Å². The maximum Gasteiger partial charge on any atom is 0.254 e. The molecule has 1 aliphatic rings. The van der Waals surface area contributed by atoms with Crippen LogP contribution in [0.2, 0.25) is 0 Å². The van der Waals surface area contributed by atoms with Gasteiger partial charge in [0.1, 0.15) is 0 Å². The smallest absolute Gasteiger partial charge is 0.254 e. The Kier molecular flexibility index (Phi) is 5.27. The minimum absolute atomic E-state index is 0.0448. The average molecular weight is 379 g/mol. The monoisotopic (exact) mass is 378 g/mol. The minimum atomic E-state index is -3.54. The molecule has 2 aromatic rings. The highest BCUT2D eigenvalue weighted by Crippen LogP contribution is 2.35. The topological polar surface area (TPSA) is 66.5 Å². The molecule has 1 fully saturated rings. The van der Waals surface area contributed by atoms with Crippen LogP contribution in [0, 0.1) is 0 Å². The van der Waals surface area contributed by atoms with E-state index in [1.165, 1.54) is 17.0 Å². The number of carbonyl (C=O) groups excluding carboxylic acids is 1. The fourth-order valence-electron chi connectivity index (χ4n) is 3.11. The molecule has 1 aromatic heterocycles. The molecule has 0 aliphatic carbocycles. The van der Waals surface area contributed by atoms with Crippen LogP contribution >= 0.6 is 11.3 Å². The predicted molar refractivity (Wildman–Crippen MR) is 99.2 cm³/mol. The summed E-state index contributed by atoms with van der Waals surface area (Å²) in [5, 5.41) is 2.03. The predicted octanol–water partition coefficient (Wildman–Crippen LogP) is 3.41. The van der Waals surface area contributed by atoms with Crippen molar-refractivity contribution in [3.8, 4) is 0 Å². The molecule has 0 bridgehead atoms. The van der Waals surface area contributed by atoms with Crippen molar-refractivity contribution in [3.63, 3.8) is 0 Å². The zero-order valence-corrected chi connectivity index (χ0v) is 15.9. The van der Waals surface area contributed by atoms with E-state index < -0.39 is 10.0 Å². The summed E-state index contributed by atoms with van der Waals surface area (Å²) in [6, 6.07) is 10.2. The largest absolute Gasteiger partial charge is 0.331 e. The molecule has 1 amide bonds. The first kappa shape index (κ1) is 18.1. The molecule has 1 atom stereocenters. The second kappa shape index (κ2) is 7.27. The SMILES string of the molecule is CC(C)NS(=O)(=O)c1ccc(C(=O)N2CCCC2c2cccs2)cc1. The van der Waals surface area contributed by atoms with Gasteiger partial charge in [-0.1, -0.05) is 6.07 Å². The van der Waals surface area contributed by atoms with E-state index in [4.69, 9.17) is 0 Å². The molecule has 0 radical (unpaired) electrons. The number of likely N-dealkylation sites (tertiary alicyclic amines) is 1. The van der Waals surface area contributed by atoms with E-state index in [9.17, 15) is 13.2 Å². The van der Waals surface area contributed by atoms with Gasteiger partial charge in [0.2, 0.25) is 10.0 Å². The van der Waals surface area contributed by atoms with Gasteiger partial charge in [0.15, 0.2) is 0 Å². The Hall–Kier alpha value is -1.70. The first-order valence-corrected chi connectivity index (χ1v) is 10.7. The van der Waals surface area contributed by atoms with E-state index in [0.717, 1.165) is 19.4 Å². The van der Waals surface area contributed by atoms with Crippen molar-refractivity contribution in [1.82, 2.24) is 9.62 Å². The van der Waals surface area contributed by atoms with Crippen molar-refractivity contribution < 1.29 is 13.2 Å². The van der Waals surface area contributed by atoms with Gasteiger partial charge < -0.3 is 4.90 Å². The van der Waals surface area contributed by atoms with Gasteiger partial charge in [-0.15, -0.1) is 11.3 Å². The number of amides is 1. The molecule has 1 N–H and O–H groups in total. The first-order valence-electron chi connectivity index (χ1n) is 8.35. The van der Waals surface area contributed by atoms with E-state index >= 15 is 0 Å². The summed E-state index contributed by atoms with van der Waals surface area (Å²) in [7, 11) is -3.54. The van der Waals surface area contributed by atoms with E-state index in [-0.39, 0.29) is 22.9 Å². The molecule has 1 aromatic carbocycles. The number of rotatable bonds is 5. The molecule has 1 saturated heterocycles.